The van der Waals surface area contributed by atoms with Crippen molar-refractivity contribution in [3.05, 3.63) is 83.4 Å². The van der Waals surface area contributed by atoms with Crippen molar-refractivity contribution in [2.24, 2.45) is 0 Å². The first-order valence-corrected chi connectivity index (χ1v) is 14.4. The Morgan fingerprint density at radius 1 is 1.02 bits per heavy atom. The molecule has 4 bridgehead atoms. The molecule has 0 spiro atoms. The van der Waals surface area contributed by atoms with Crippen LogP contribution in [0.15, 0.2) is 71.6 Å². The summed E-state index contributed by atoms with van der Waals surface area (Å²) in [5, 5.41) is 5.81. The van der Waals surface area contributed by atoms with Gasteiger partial charge in [-0.15, -0.1) is 0 Å². The van der Waals surface area contributed by atoms with E-state index < -0.39 is 28.1 Å². The van der Waals surface area contributed by atoms with E-state index in [1.807, 2.05) is 19.1 Å². The minimum absolute atomic E-state index is 0.0155. The second-order valence-corrected chi connectivity index (χ2v) is 11.7. The Kier molecular flexibility index (Phi) is 7.95. The second-order valence-electron chi connectivity index (χ2n) is 9.76. The number of amides is 2. The average Bonchev–Trinajstić information content (AvgIpc) is 2.96. The molecule has 1 fully saturated rings. The molecule has 2 amide bonds. The van der Waals surface area contributed by atoms with Crippen LogP contribution in [0.5, 0.6) is 17.2 Å². The number of methoxy groups -OCH3 is 1. The van der Waals surface area contributed by atoms with E-state index in [9.17, 15) is 18.0 Å². The number of sulfonamides is 1. The highest BCUT2D eigenvalue weighted by Gasteiger charge is 2.38. The molecule has 3 aliphatic heterocycles. The van der Waals surface area contributed by atoms with Gasteiger partial charge in [0.2, 0.25) is 10.0 Å². The summed E-state index contributed by atoms with van der Waals surface area (Å²) >= 11 is 0. The van der Waals surface area contributed by atoms with Crippen molar-refractivity contribution in [2.75, 3.05) is 26.8 Å². The van der Waals surface area contributed by atoms with Gasteiger partial charge in [0.1, 0.15) is 23.4 Å². The van der Waals surface area contributed by atoms with E-state index in [0.29, 0.717) is 35.8 Å². The lowest BCUT2D eigenvalue weighted by Gasteiger charge is -2.38. The lowest BCUT2D eigenvalue weighted by atomic mass is 10.0. The van der Waals surface area contributed by atoms with Crippen molar-refractivity contribution in [3.63, 3.8) is 0 Å². The molecule has 0 unspecified atom stereocenters. The number of benzene rings is 3. The third-order valence-electron chi connectivity index (χ3n) is 7.02. The summed E-state index contributed by atoms with van der Waals surface area (Å²) in [6, 6.07) is 17.9. The van der Waals surface area contributed by atoms with E-state index in [2.05, 4.69) is 10.6 Å². The summed E-state index contributed by atoms with van der Waals surface area (Å²) in [5.74, 6) is 0.727. The summed E-state index contributed by atoms with van der Waals surface area (Å²) in [7, 11) is -2.38. The van der Waals surface area contributed by atoms with Gasteiger partial charge >= 0.3 is 0 Å². The molecule has 3 aliphatic rings. The predicted molar refractivity (Wildman–Crippen MR) is 147 cm³/mol. The fraction of sp³-hybridized carbons (Fsp3) is 0.310. The first-order valence-electron chi connectivity index (χ1n) is 12.9. The van der Waals surface area contributed by atoms with Crippen molar-refractivity contribution in [3.8, 4) is 17.2 Å². The minimum atomic E-state index is -3.86. The van der Waals surface area contributed by atoms with Gasteiger partial charge in [-0.3, -0.25) is 9.59 Å². The third kappa shape index (κ3) is 6.05. The largest absolute Gasteiger partial charge is 0.497 e. The molecular weight excluding hydrogens is 534 g/mol. The molecule has 210 valence electrons. The molecule has 0 aromatic heterocycles. The molecule has 3 aromatic rings. The maximum Gasteiger partial charge on any atom is 0.258 e. The normalized spacial score (nSPS) is 20.2. The zero-order chi connectivity index (χ0) is 28.3. The minimum Gasteiger partial charge on any atom is -0.497 e. The molecule has 0 aliphatic carbocycles. The first-order chi connectivity index (χ1) is 19.2. The van der Waals surface area contributed by atoms with Crippen LogP contribution < -0.4 is 24.8 Å². The van der Waals surface area contributed by atoms with Crippen molar-refractivity contribution in [2.45, 2.75) is 36.9 Å². The van der Waals surface area contributed by atoms with Gasteiger partial charge in [-0.25, -0.2) is 8.42 Å². The van der Waals surface area contributed by atoms with Crippen LogP contribution in [-0.2, 0) is 21.4 Å². The fourth-order valence-electron chi connectivity index (χ4n) is 4.71. The quantitative estimate of drug-likeness (QED) is 0.501. The topological polar surface area (TPSA) is 123 Å². The monoisotopic (exact) mass is 565 g/mol. The van der Waals surface area contributed by atoms with Crippen molar-refractivity contribution >= 4 is 21.8 Å². The summed E-state index contributed by atoms with van der Waals surface area (Å²) in [6.45, 7) is 2.18. The number of fused-ring (bicyclic) bond motifs is 7. The number of carbonyl (C=O) groups is 2. The van der Waals surface area contributed by atoms with Gasteiger partial charge in [-0.05, 0) is 54.4 Å². The Labute approximate surface area is 233 Å². The zero-order valence-electron chi connectivity index (χ0n) is 22.3. The van der Waals surface area contributed by atoms with E-state index in [4.69, 9.17) is 14.2 Å². The maximum absolute atomic E-state index is 13.5. The number of aryl methyl sites for hydroxylation is 1. The number of rotatable bonds is 3. The Bertz CT molecular complexity index is 1510. The number of piperidine rings is 1. The van der Waals surface area contributed by atoms with Crippen molar-refractivity contribution in [1.82, 2.24) is 14.9 Å². The van der Waals surface area contributed by atoms with Crippen LogP contribution in [0.1, 0.15) is 27.9 Å². The molecule has 2 atom stereocenters. The zero-order valence-corrected chi connectivity index (χ0v) is 23.1. The average molecular weight is 566 g/mol. The molecule has 3 heterocycles. The van der Waals surface area contributed by atoms with Crippen LogP contribution in [0.4, 0.5) is 0 Å². The molecule has 10 nitrogen and oxygen atoms in total. The molecule has 11 heteroatoms. The van der Waals surface area contributed by atoms with Crippen molar-refractivity contribution < 1.29 is 32.2 Å². The van der Waals surface area contributed by atoms with E-state index in [1.165, 1.54) is 23.5 Å². The van der Waals surface area contributed by atoms with Gasteiger partial charge in [-0.1, -0.05) is 24.3 Å². The Balaban J connectivity index is 1.46. The number of nitrogens with one attached hydrogen (secondary N) is 2. The van der Waals surface area contributed by atoms with E-state index in [0.717, 1.165) is 11.1 Å². The van der Waals surface area contributed by atoms with Gasteiger partial charge in [0, 0.05) is 37.7 Å². The lowest BCUT2D eigenvalue weighted by Crippen LogP contribution is -2.58. The number of hydrogen-bond acceptors (Lipinski definition) is 7. The smallest absolute Gasteiger partial charge is 0.258 e. The molecule has 6 rings (SSSR count). The Morgan fingerprint density at radius 2 is 1.82 bits per heavy atom. The van der Waals surface area contributed by atoms with Gasteiger partial charge in [0.05, 0.1) is 18.0 Å². The van der Waals surface area contributed by atoms with E-state index in [1.54, 1.807) is 42.5 Å². The van der Waals surface area contributed by atoms with Gasteiger partial charge in [0.25, 0.3) is 11.8 Å². The van der Waals surface area contributed by atoms with Crippen LogP contribution in [0.3, 0.4) is 0 Å². The molecular formula is C29H31N3O7S. The highest BCUT2D eigenvalue weighted by molar-refractivity contribution is 7.89. The summed E-state index contributed by atoms with van der Waals surface area (Å²) < 4.78 is 45.7. The van der Waals surface area contributed by atoms with Crippen LogP contribution in [-0.4, -0.2) is 63.5 Å². The second kappa shape index (κ2) is 11.6. The highest BCUT2D eigenvalue weighted by atomic mass is 32.2. The fourth-order valence-corrected chi connectivity index (χ4v) is 6.23. The number of hydrogen-bond donors (Lipinski definition) is 2. The number of nitrogens with zero attached hydrogens (tertiary/aromatic N) is 1. The summed E-state index contributed by atoms with van der Waals surface area (Å²) in [6.07, 6.45) is -0.128. The lowest BCUT2D eigenvalue weighted by molar-refractivity contribution is -0.123. The predicted octanol–water partition coefficient (Wildman–Crippen LogP) is 2.65. The molecule has 40 heavy (non-hydrogen) atoms. The Morgan fingerprint density at radius 3 is 2.60 bits per heavy atom. The van der Waals surface area contributed by atoms with Crippen LogP contribution in [0.25, 0.3) is 0 Å². The van der Waals surface area contributed by atoms with Gasteiger partial charge in [-0.2, -0.15) is 4.31 Å². The number of carbonyl (C=O) groups excluding carboxylic acids is 2. The molecule has 1 saturated heterocycles. The molecule has 0 radical (unpaired) electrons. The SMILES string of the molecule is COc1cccc(S(=O)(=O)N2CC[C@@H]3Oc4ccc(cc4)CNC(=O)COc4cc(ccc4C)C(=O)N[C@H]3C2)c1. The van der Waals surface area contributed by atoms with Gasteiger partial charge in [0.15, 0.2) is 6.61 Å². The molecule has 2 N–H and O–H groups in total. The third-order valence-corrected chi connectivity index (χ3v) is 8.88. The summed E-state index contributed by atoms with van der Waals surface area (Å²) in [4.78, 5) is 25.8. The van der Waals surface area contributed by atoms with Gasteiger partial charge < -0.3 is 24.8 Å². The Hall–Kier alpha value is -4.09. The summed E-state index contributed by atoms with van der Waals surface area (Å²) in [5.41, 5.74) is 1.97. The first kappa shape index (κ1) is 27.5. The van der Waals surface area contributed by atoms with Crippen LogP contribution in [0.2, 0.25) is 0 Å². The van der Waals surface area contributed by atoms with Crippen LogP contribution >= 0.6 is 0 Å². The van der Waals surface area contributed by atoms with Crippen LogP contribution in [0, 0.1) is 6.92 Å². The highest BCUT2D eigenvalue weighted by Crippen LogP contribution is 2.27. The molecule has 0 saturated carbocycles. The number of ether oxygens (including phenoxy) is 3. The molecule has 3 aromatic carbocycles. The standard InChI is InChI=1S/C29H31N3O7S/c1-19-6-9-21-14-27(19)38-18-28(33)30-16-20-7-10-22(11-8-20)39-26-12-13-32(17-25(26)31-29(21)34)40(35,36)24-5-3-4-23(15-24)37-2/h3-11,14-15,25-26H,12-13,16-18H2,1-2H3,(H,30,33)(H,31,34)/t25-,26-/m0/s1. The maximum atomic E-state index is 13.5. The van der Waals surface area contributed by atoms with Crippen molar-refractivity contribution in [1.29, 1.82) is 0 Å². The van der Waals surface area contributed by atoms with E-state index >= 15 is 0 Å². The van der Waals surface area contributed by atoms with E-state index in [-0.39, 0.29) is 30.5 Å².